The van der Waals surface area contributed by atoms with E-state index >= 15 is 0 Å². The van der Waals surface area contributed by atoms with E-state index in [0.717, 1.165) is 0 Å². The minimum Gasteiger partial charge on any atom is -0.481 e. The predicted octanol–water partition coefficient (Wildman–Crippen LogP) is -7.47. The minimum absolute atomic E-state index is 0.00712. The summed E-state index contributed by atoms with van der Waals surface area (Å²) in [6.45, 7) is -0.418. The van der Waals surface area contributed by atoms with Crippen LogP contribution in [0.25, 0.3) is 0 Å². The first kappa shape index (κ1) is 68.7. The number of carboxylic acids is 6. The van der Waals surface area contributed by atoms with Gasteiger partial charge in [0.2, 0.25) is 59.1 Å². The third-order valence-corrected chi connectivity index (χ3v) is 12.0. The molecule has 0 aromatic heterocycles. The summed E-state index contributed by atoms with van der Waals surface area (Å²) in [6.07, 6.45) is -7.94. The molecular weight excluding hydrogens is 1100 g/mol. The van der Waals surface area contributed by atoms with Gasteiger partial charge in [-0.25, -0.2) is 9.59 Å². The SMILES string of the molecule is NCC#CC[C@H](NC(=O)[C@H](CCCC[C@H](NC(=O)[C@H](CC(=O)O)NC(=O)[C@H](CCC(=O)O)NC(=O)[C@@H]1CCC(=O)N1)C(=O)N[C@@H](CC#CCN)C(=O)O)NC(=O)[C@H](CC(=O)O)NC(=O)[C@H](CCC(=O)O)NC(=O)[C@@H]1CCC(=O)N1)C(=O)O. The molecule has 0 saturated carbocycles. The van der Waals surface area contributed by atoms with Crippen molar-refractivity contribution in [3.8, 4) is 23.7 Å². The molecule has 2 aliphatic rings. The highest BCUT2D eigenvalue weighted by Gasteiger charge is 2.37. The Kier molecular flexibility index (Phi) is 29.5. The fourth-order valence-electron chi connectivity index (χ4n) is 7.77. The van der Waals surface area contributed by atoms with Crippen LogP contribution in [-0.2, 0) is 76.7 Å². The molecule has 34 heteroatoms. The normalized spacial score (nSPS) is 17.0. The van der Waals surface area contributed by atoms with E-state index in [4.69, 9.17) is 11.5 Å². The molecule has 82 heavy (non-hydrogen) atoms. The molecule has 0 spiro atoms. The molecule has 0 unspecified atom stereocenters. The zero-order valence-electron chi connectivity index (χ0n) is 43.9. The third-order valence-electron chi connectivity index (χ3n) is 12.0. The average Bonchev–Trinajstić information content (AvgIpc) is 4.12. The molecule has 0 radical (unpaired) electrons. The Morgan fingerprint density at radius 2 is 0.707 bits per heavy atom. The van der Waals surface area contributed by atoms with Crippen molar-refractivity contribution < 1.29 is 107 Å². The molecule has 34 nitrogen and oxygen atoms in total. The van der Waals surface area contributed by atoms with Crippen molar-refractivity contribution in [2.24, 2.45) is 11.5 Å². The van der Waals surface area contributed by atoms with Crippen molar-refractivity contribution in [2.75, 3.05) is 13.1 Å². The second kappa shape index (κ2) is 35.2. The zero-order valence-corrected chi connectivity index (χ0v) is 43.9. The van der Waals surface area contributed by atoms with E-state index in [9.17, 15) is 107 Å². The molecule has 0 bridgehead atoms. The number of amides is 10. The topological polar surface area (TPSA) is 567 Å². The summed E-state index contributed by atoms with van der Waals surface area (Å²) in [4.78, 5) is 203. The van der Waals surface area contributed by atoms with Crippen molar-refractivity contribution >= 4 is 94.9 Å². The molecule has 2 fully saturated rings. The molecule has 2 heterocycles. The van der Waals surface area contributed by atoms with Crippen LogP contribution in [0.2, 0.25) is 0 Å². The second-order valence-corrected chi connectivity index (χ2v) is 18.4. The van der Waals surface area contributed by atoms with Crippen molar-refractivity contribution in [3.63, 3.8) is 0 Å². The number of unbranched alkanes of at least 4 members (excludes halogenated alkanes) is 1. The Bertz CT molecular complexity index is 2400. The van der Waals surface area contributed by atoms with Crippen molar-refractivity contribution in [2.45, 2.75) is 163 Å². The lowest BCUT2D eigenvalue weighted by molar-refractivity contribution is -0.143. The van der Waals surface area contributed by atoms with Crippen molar-refractivity contribution in [1.82, 2.24) is 53.2 Å². The van der Waals surface area contributed by atoms with Gasteiger partial charge in [0.1, 0.15) is 60.4 Å². The van der Waals surface area contributed by atoms with E-state index < -0.39 is 220 Å². The zero-order chi connectivity index (χ0) is 61.6. The third kappa shape index (κ3) is 25.6. The van der Waals surface area contributed by atoms with Gasteiger partial charge in [0.15, 0.2) is 0 Å². The van der Waals surface area contributed by atoms with E-state index in [1.807, 2.05) is 0 Å². The molecule has 0 aromatic carbocycles. The highest BCUT2D eigenvalue weighted by atomic mass is 16.4. The highest BCUT2D eigenvalue weighted by Crippen LogP contribution is 2.14. The summed E-state index contributed by atoms with van der Waals surface area (Å²) in [7, 11) is 0. The van der Waals surface area contributed by atoms with E-state index in [1.165, 1.54) is 0 Å². The summed E-state index contributed by atoms with van der Waals surface area (Å²) in [5, 5.41) is 80.0. The van der Waals surface area contributed by atoms with Crippen LogP contribution in [0.3, 0.4) is 0 Å². The van der Waals surface area contributed by atoms with Crippen LogP contribution in [0.5, 0.6) is 0 Å². The molecule has 450 valence electrons. The van der Waals surface area contributed by atoms with Crippen LogP contribution < -0.4 is 64.6 Å². The highest BCUT2D eigenvalue weighted by molar-refractivity contribution is 6.00. The number of nitrogens with one attached hydrogen (secondary N) is 10. The lowest BCUT2D eigenvalue weighted by atomic mass is 10.0. The van der Waals surface area contributed by atoms with E-state index in [1.54, 1.807) is 0 Å². The van der Waals surface area contributed by atoms with Gasteiger partial charge in [0.25, 0.3) is 0 Å². The number of rotatable bonds is 35. The maximum absolute atomic E-state index is 13.9. The molecular formula is C48H66N12O22. The van der Waals surface area contributed by atoms with Gasteiger partial charge in [0.05, 0.1) is 25.9 Å². The van der Waals surface area contributed by atoms with Gasteiger partial charge in [0, 0.05) is 38.5 Å². The Hall–Kier alpha value is -9.44. The minimum atomic E-state index is -2.10. The molecule has 2 aliphatic heterocycles. The summed E-state index contributed by atoms with van der Waals surface area (Å²) < 4.78 is 0. The van der Waals surface area contributed by atoms with Crippen LogP contribution >= 0.6 is 0 Å². The number of hydrogen-bond donors (Lipinski definition) is 18. The van der Waals surface area contributed by atoms with Gasteiger partial charge in [-0.2, -0.15) is 0 Å². The second-order valence-electron chi connectivity index (χ2n) is 18.4. The van der Waals surface area contributed by atoms with Gasteiger partial charge < -0.3 is 95.3 Å². The summed E-state index contributed by atoms with van der Waals surface area (Å²) in [5.74, 6) is -10.5. The Balaban J connectivity index is 2.54. The van der Waals surface area contributed by atoms with Gasteiger partial charge in [-0.15, -0.1) is 0 Å². The number of carbonyl (C=O) groups excluding carboxylic acids is 10. The molecule has 2 saturated heterocycles. The number of aliphatic carboxylic acids is 6. The average molecular weight is 1160 g/mol. The first-order valence-corrected chi connectivity index (χ1v) is 25.3. The molecule has 10 amide bonds. The van der Waals surface area contributed by atoms with Gasteiger partial charge in [-0.1, -0.05) is 36.5 Å². The quantitative estimate of drug-likeness (QED) is 0.0207. The van der Waals surface area contributed by atoms with Crippen molar-refractivity contribution in [3.05, 3.63) is 0 Å². The number of carboxylic acid groups (broad SMARTS) is 6. The van der Waals surface area contributed by atoms with Crippen LogP contribution in [0.15, 0.2) is 0 Å². The number of nitrogens with two attached hydrogens (primary N) is 2. The van der Waals surface area contributed by atoms with Crippen molar-refractivity contribution in [1.29, 1.82) is 0 Å². The first-order chi connectivity index (χ1) is 38.6. The van der Waals surface area contributed by atoms with Crippen LogP contribution in [0, 0.1) is 23.7 Å². The standard InChI is InChI=1S/C48H66N12O22/c49-19-5-3-9-29(47(79)80)57-39(71)23(53-45(77)31(21-37(67)68)59-43(75)27(13-17-35(63)64)55-41(73)25-11-15-33(61)51-25)7-1-2-8-24(40(72)58-30(48(81)82)10-4-6-20-50)54-46(78)32(22-38(69)70)60-44(76)28(14-18-36(65)66)56-42(74)26-12-16-34(62)52-26/h23-32H,1-2,7-22,49-50H2,(H,51,61)(H,52,62)(H,53,77)(H,54,78)(H,55,73)(H,56,74)(H,57,71)(H,58,72)(H,59,75)(H,60,76)(H,63,64)(H,65,66)(H,67,68)(H,69,70)(H,79,80)(H,81,82)/t23-,24-,25-,26-,27-,28-,29-,30-,31-,32-/m0/s1. The predicted molar refractivity (Wildman–Crippen MR) is 273 cm³/mol. The smallest absolute Gasteiger partial charge is 0.327 e. The Labute approximate surface area is 465 Å². The van der Waals surface area contributed by atoms with E-state index in [2.05, 4.69) is 76.8 Å². The first-order valence-electron chi connectivity index (χ1n) is 25.3. The van der Waals surface area contributed by atoms with Crippen LogP contribution in [-0.4, -0.2) is 199 Å². The molecule has 20 N–H and O–H groups in total. The lowest BCUT2D eigenvalue weighted by Crippen LogP contribution is -2.59. The van der Waals surface area contributed by atoms with Gasteiger partial charge >= 0.3 is 35.8 Å². The number of carbonyl (C=O) groups is 16. The Morgan fingerprint density at radius 3 is 0.976 bits per heavy atom. The van der Waals surface area contributed by atoms with Gasteiger partial charge in [-0.05, 0) is 38.5 Å². The number of hydrogen-bond acceptors (Lipinski definition) is 18. The maximum Gasteiger partial charge on any atom is 0.327 e. The fourth-order valence-corrected chi connectivity index (χ4v) is 7.77. The fraction of sp³-hybridized carbons (Fsp3) is 0.583. The van der Waals surface area contributed by atoms with Crippen LogP contribution in [0.4, 0.5) is 0 Å². The largest absolute Gasteiger partial charge is 0.481 e. The van der Waals surface area contributed by atoms with Crippen LogP contribution in [0.1, 0.15) is 103 Å². The summed E-state index contributed by atoms with van der Waals surface area (Å²) in [6, 6.07) is -17.1. The summed E-state index contributed by atoms with van der Waals surface area (Å²) in [5.41, 5.74) is 10.7. The molecule has 10 atom stereocenters. The Morgan fingerprint density at radius 1 is 0.415 bits per heavy atom. The van der Waals surface area contributed by atoms with E-state index in [0.29, 0.717) is 0 Å². The molecule has 0 aliphatic carbocycles. The van der Waals surface area contributed by atoms with E-state index in [-0.39, 0.29) is 51.6 Å². The van der Waals surface area contributed by atoms with Gasteiger partial charge in [-0.3, -0.25) is 67.1 Å². The monoisotopic (exact) mass is 1160 g/mol. The maximum atomic E-state index is 13.9. The lowest BCUT2D eigenvalue weighted by Gasteiger charge is -2.26. The molecule has 0 aromatic rings. The molecule has 2 rings (SSSR count). The summed E-state index contributed by atoms with van der Waals surface area (Å²) >= 11 is 0.